The van der Waals surface area contributed by atoms with Crippen LogP contribution in [0, 0.1) is 11.8 Å². The van der Waals surface area contributed by atoms with E-state index >= 15 is 0 Å². The average Bonchev–Trinajstić information content (AvgIpc) is 3.39. The number of aromatic nitrogens is 3. The third-order valence-electron chi connectivity index (χ3n) is 6.91. The first-order valence-corrected chi connectivity index (χ1v) is 12.9. The molecule has 1 aliphatic carbocycles. The van der Waals surface area contributed by atoms with Crippen molar-refractivity contribution in [3.8, 4) is 10.7 Å². The first-order chi connectivity index (χ1) is 17.6. The van der Waals surface area contributed by atoms with E-state index in [9.17, 15) is 22.8 Å². The van der Waals surface area contributed by atoms with E-state index in [2.05, 4.69) is 32.8 Å². The smallest absolute Gasteiger partial charge is 0.406 e. The molecule has 5 rings (SSSR count). The molecule has 3 aromatic rings. The molecule has 1 amide bonds. The normalized spacial score (nSPS) is 20.8. The number of amides is 1. The Morgan fingerprint density at radius 3 is 2.62 bits per heavy atom. The van der Waals surface area contributed by atoms with Gasteiger partial charge in [-0.15, -0.1) is 10.2 Å². The van der Waals surface area contributed by atoms with Gasteiger partial charge in [-0.05, 0) is 57.6 Å². The monoisotopic (exact) mass is 536 g/mol. The maximum Gasteiger partial charge on any atom is 0.406 e. The van der Waals surface area contributed by atoms with Crippen LogP contribution in [0.1, 0.15) is 24.3 Å². The second-order valence-corrected chi connectivity index (χ2v) is 10.8. The molecule has 2 atom stereocenters. The summed E-state index contributed by atoms with van der Waals surface area (Å²) in [5.41, 5.74) is 1.53. The van der Waals surface area contributed by atoms with Crippen LogP contribution >= 0.6 is 11.3 Å². The number of rotatable bonds is 8. The van der Waals surface area contributed by atoms with Crippen molar-refractivity contribution >= 4 is 39.8 Å². The molecule has 0 unspecified atom stereocenters. The van der Waals surface area contributed by atoms with Crippen molar-refractivity contribution in [2.45, 2.75) is 44.6 Å². The predicted molar refractivity (Wildman–Crippen MR) is 132 cm³/mol. The molecule has 9 nitrogen and oxygen atoms in total. The lowest BCUT2D eigenvalue weighted by Gasteiger charge is -2.30. The molecule has 1 saturated heterocycles. The minimum Gasteiger partial charge on any atom is -0.481 e. The molecular formula is C24H27F3N6O3S. The zero-order valence-electron chi connectivity index (χ0n) is 20.1. The van der Waals surface area contributed by atoms with E-state index in [1.807, 2.05) is 6.07 Å². The fourth-order valence-electron chi connectivity index (χ4n) is 4.79. The van der Waals surface area contributed by atoms with Gasteiger partial charge in [-0.3, -0.25) is 9.59 Å². The van der Waals surface area contributed by atoms with Gasteiger partial charge in [0.15, 0.2) is 5.01 Å². The van der Waals surface area contributed by atoms with Crippen LogP contribution in [0.5, 0.6) is 0 Å². The average molecular weight is 537 g/mol. The lowest BCUT2D eigenvalue weighted by molar-refractivity contribution is -0.140. The van der Waals surface area contributed by atoms with Crippen LogP contribution in [-0.4, -0.2) is 69.0 Å². The maximum atomic E-state index is 13.6. The maximum absolute atomic E-state index is 13.6. The van der Waals surface area contributed by atoms with Gasteiger partial charge >= 0.3 is 12.1 Å². The molecule has 0 spiro atoms. The van der Waals surface area contributed by atoms with E-state index in [4.69, 9.17) is 5.11 Å². The third-order valence-corrected chi connectivity index (χ3v) is 7.85. The number of carbonyl (C=O) groups excluding carboxylic acids is 1. The SMILES string of the molecule is CN1CCC(Nc2cccc3c2cc(-c2nnc(CNC(=O)[C@H]4C[C@H]4C(=O)O)s2)n3CC(F)(F)F)CC1. The Bertz CT molecular complexity index is 1310. The molecule has 13 heteroatoms. The highest BCUT2D eigenvalue weighted by molar-refractivity contribution is 7.14. The number of carboxylic acid groups (broad SMARTS) is 1. The summed E-state index contributed by atoms with van der Waals surface area (Å²) in [6, 6.07) is 7.25. The molecule has 198 valence electrons. The molecule has 2 aromatic heterocycles. The second kappa shape index (κ2) is 9.93. The molecular weight excluding hydrogens is 509 g/mol. The van der Waals surface area contributed by atoms with Crippen molar-refractivity contribution < 1.29 is 27.9 Å². The number of carbonyl (C=O) groups is 2. The quantitative estimate of drug-likeness (QED) is 0.404. The zero-order valence-corrected chi connectivity index (χ0v) is 20.9. The Morgan fingerprint density at radius 1 is 1.19 bits per heavy atom. The van der Waals surface area contributed by atoms with E-state index in [1.54, 1.807) is 18.2 Å². The molecule has 0 radical (unpaired) electrons. The Balaban J connectivity index is 1.39. The molecule has 3 N–H and O–H groups in total. The fraction of sp³-hybridized carbons (Fsp3) is 0.500. The summed E-state index contributed by atoms with van der Waals surface area (Å²) in [4.78, 5) is 25.4. The largest absolute Gasteiger partial charge is 0.481 e. The Morgan fingerprint density at radius 2 is 1.95 bits per heavy atom. The highest BCUT2D eigenvalue weighted by Gasteiger charge is 2.48. The molecule has 37 heavy (non-hydrogen) atoms. The van der Waals surface area contributed by atoms with Gasteiger partial charge in [0.25, 0.3) is 0 Å². The van der Waals surface area contributed by atoms with Crippen LogP contribution in [0.3, 0.4) is 0 Å². The van der Waals surface area contributed by atoms with Gasteiger partial charge in [0, 0.05) is 17.1 Å². The summed E-state index contributed by atoms with van der Waals surface area (Å²) in [6.45, 7) is 0.765. The summed E-state index contributed by atoms with van der Waals surface area (Å²) in [5, 5.41) is 24.7. The number of hydrogen-bond acceptors (Lipinski definition) is 7. The summed E-state index contributed by atoms with van der Waals surface area (Å²) < 4.78 is 41.9. The first kappa shape index (κ1) is 25.5. The highest BCUT2D eigenvalue weighted by atomic mass is 32.1. The van der Waals surface area contributed by atoms with E-state index < -0.39 is 30.5 Å². The number of nitrogens with zero attached hydrogens (tertiary/aromatic N) is 4. The zero-order chi connectivity index (χ0) is 26.3. The minimum absolute atomic E-state index is 0.0295. The van der Waals surface area contributed by atoms with Gasteiger partial charge in [-0.1, -0.05) is 17.4 Å². The van der Waals surface area contributed by atoms with E-state index in [1.165, 1.54) is 4.57 Å². The highest BCUT2D eigenvalue weighted by Crippen LogP contribution is 2.39. The van der Waals surface area contributed by atoms with Gasteiger partial charge < -0.3 is 25.2 Å². The van der Waals surface area contributed by atoms with Crippen molar-refractivity contribution in [1.29, 1.82) is 0 Å². The molecule has 2 aliphatic rings. The van der Waals surface area contributed by atoms with Crippen LogP contribution in [-0.2, 0) is 22.7 Å². The number of aliphatic carboxylic acids is 1. The summed E-state index contributed by atoms with van der Waals surface area (Å²) in [6.07, 6.45) is -2.25. The molecule has 0 bridgehead atoms. The summed E-state index contributed by atoms with van der Waals surface area (Å²) in [5.74, 6) is -2.60. The Labute approximate surface area is 214 Å². The summed E-state index contributed by atoms with van der Waals surface area (Å²) in [7, 11) is 2.07. The first-order valence-electron chi connectivity index (χ1n) is 12.1. The van der Waals surface area contributed by atoms with E-state index in [0.717, 1.165) is 43.0 Å². The molecule has 1 saturated carbocycles. The minimum atomic E-state index is -4.44. The van der Waals surface area contributed by atoms with E-state index in [0.29, 0.717) is 33.0 Å². The van der Waals surface area contributed by atoms with Gasteiger partial charge in [0.1, 0.15) is 11.6 Å². The van der Waals surface area contributed by atoms with Crippen LogP contribution in [0.15, 0.2) is 24.3 Å². The Hall–Kier alpha value is -3.19. The van der Waals surface area contributed by atoms with Crippen molar-refractivity contribution in [2.24, 2.45) is 11.8 Å². The van der Waals surface area contributed by atoms with Crippen LogP contribution in [0.4, 0.5) is 18.9 Å². The number of likely N-dealkylation sites (tertiary alicyclic amines) is 1. The number of alkyl halides is 3. The van der Waals surface area contributed by atoms with Gasteiger partial charge in [0.2, 0.25) is 5.91 Å². The number of anilines is 1. The number of fused-ring (bicyclic) bond motifs is 1. The topological polar surface area (TPSA) is 112 Å². The number of halogens is 3. The van der Waals surface area contributed by atoms with Crippen LogP contribution in [0.2, 0.25) is 0 Å². The lowest BCUT2D eigenvalue weighted by atomic mass is 10.0. The van der Waals surface area contributed by atoms with Crippen LogP contribution < -0.4 is 10.6 Å². The number of hydrogen-bond donors (Lipinski definition) is 3. The van der Waals surface area contributed by atoms with E-state index in [-0.39, 0.29) is 18.5 Å². The van der Waals surface area contributed by atoms with Gasteiger partial charge in [-0.25, -0.2) is 0 Å². The van der Waals surface area contributed by atoms with Gasteiger partial charge in [-0.2, -0.15) is 13.2 Å². The molecule has 1 aromatic carbocycles. The Kier molecular flexibility index (Phi) is 6.84. The number of carboxylic acids is 1. The second-order valence-electron chi connectivity index (χ2n) is 9.70. The standard InChI is InChI=1S/C24H27F3N6O3S/c1-32-7-5-13(6-8-32)29-17-3-2-4-18-16(17)10-19(33(18)12-24(25,26)27)22-31-30-20(37-22)11-28-21(34)14-9-15(14)23(35)36/h2-4,10,13-15,29H,5-9,11-12H2,1H3,(H,28,34)(H,35,36)/t14-,15+/m0/s1. The number of nitrogens with one attached hydrogen (secondary N) is 2. The molecule has 2 fully saturated rings. The molecule has 1 aliphatic heterocycles. The number of benzene rings is 1. The lowest BCUT2D eigenvalue weighted by Crippen LogP contribution is -2.36. The van der Waals surface area contributed by atoms with Gasteiger partial charge in [0.05, 0.1) is 29.6 Å². The third kappa shape index (κ3) is 5.72. The molecule has 3 heterocycles. The fourth-order valence-corrected chi connectivity index (χ4v) is 5.59. The number of piperidine rings is 1. The van der Waals surface area contributed by atoms with Crippen molar-refractivity contribution in [1.82, 2.24) is 25.0 Å². The summed E-state index contributed by atoms with van der Waals surface area (Å²) >= 11 is 1.10. The van der Waals surface area contributed by atoms with Crippen molar-refractivity contribution in [2.75, 3.05) is 25.5 Å². The van der Waals surface area contributed by atoms with Crippen LogP contribution in [0.25, 0.3) is 21.6 Å². The van der Waals surface area contributed by atoms with Crippen molar-refractivity contribution in [3.63, 3.8) is 0 Å². The van der Waals surface area contributed by atoms with Crippen molar-refractivity contribution in [3.05, 3.63) is 29.3 Å². The predicted octanol–water partition coefficient (Wildman–Crippen LogP) is 3.57.